The quantitative estimate of drug-likeness (QED) is 0.277. The van der Waals surface area contributed by atoms with Crippen molar-refractivity contribution in [2.75, 3.05) is 13.1 Å². The smallest absolute Gasteiger partial charge is 0.174 e. The maximum absolute atomic E-state index is 6.40. The molecule has 0 spiro atoms. The van der Waals surface area contributed by atoms with Gasteiger partial charge < -0.3 is 13.8 Å². The molecule has 5 aromatic rings. The summed E-state index contributed by atoms with van der Waals surface area (Å²) in [7, 11) is 0. The molecule has 4 heterocycles. The fourth-order valence-corrected chi connectivity index (χ4v) is 5.12. The van der Waals surface area contributed by atoms with Crippen LogP contribution in [-0.2, 0) is 13.0 Å². The van der Waals surface area contributed by atoms with Crippen LogP contribution in [0.15, 0.2) is 57.4 Å². The molecule has 0 amide bonds. The van der Waals surface area contributed by atoms with E-state index in [4.69, 9.17) is 25.4 Å². The summed E-state index contributed by atoms with van der Waals surface area (Å²) in [6.07, 6.45) is 3.20. The van der Waals surface area contributed by atoms with Gasteiger partial charge in [-0.2, -0.15) is 0 Å². The van der Waals surface area contributed by atoms with Gasteiger partial charge in [-0.3, -0.25) is 4.90 Å². The number of halogens is 1. The van der Waals surface area contributed by atoms with Crippen molar-refractivity contribution in [1.29, 1.82) is 0 Å². The van der Waals surface area contributed by atoms with Crippen molar-refractivity contribution in [1.82, 2.24) is 14.9 Å². The van der Waals surface area contributed by atoms with Crippen molar-refractivity contribution in [2.24, 2.45) is 0 Å². The number of nitrogens with one attached hydrogen (secondary N) is 1. The Morgan fingerprint density at radius 1 is 1.03 bits per heavy atom. The molecule has 6 rings (SSSR count). The molecular weight excluding hydrogens is 446 g/mol. The van der Waals surface area contributed by atoms with Crippen LogP contribution < -0.4 is 0 Å². The summed E-state index contributed by atoms with van der Waals surface area (Å²) in [5.74, 6) is 3.60. The maximum Gasteiger partial charge on any atom is 0.174 e. The molecule has 1 N–H and O–H groups in total. The van der Waals surface area contributed by atoms with E-state index in [-0.39, 0.29) is 0 Å². The molecule has 5 nitrogen and oxygen atoms in total. The molecule has 2 aromatic carbocycles. The van der Waals surface area contributed by atoms with E-state index in [1.807, 2.05) is 24.3 Å². The predicted molar refractivity (Wildman–Crippen MR) is 136 cm³/mol. The molecule has 1 saturated heterocycles. The van der Waals surface area contributed by atoms with E-state index >= 15 is 0 Å². The first-order valence-corrected chi connectivity index (χ1v) is 12.4. The molecule has 1 aliphatic heterocycles. The normalized spacial score (nSPS) is 14.8. The third-order valence-electron chi connectivity index (χ3n) is 6.66. The van der Waals surface area contributed by atoms with Crippen LogP contribution in [0, 0.1) is 0 Å². The standard InChI is InChI=1S/C28H28ClN3O2/c1-17(2)26-15-20-13-21(29)12-19(27(20)34-26)14-22-6-8-25(33-22)28-30-23-7-5-18(11-24(23)31-28)16-32-9-3-4-10-32/h5-8,11-13,15,17H,3-4,9-10,14,16H2,1-2H3,(H,30,31). The van der Waals surface area contributed by atoms with Gasteiger partial charge in [-0.05, 0) is 74.0 Å². The number of hydrogen-bond acceptors (Lipinski definition) is 4. The Kier molecular flexibility index (Phi) is 5.47. The summed E-state index contributed by atoms with van der Waals surface area (Å²) in [5, 5.41) is 1.73. The van der Waals surface area contributed by atoms with Gasteiger partial charge >= 0.3 is 0 Å². The number of hydrogen-bond donors (Lipinski definition) is 1. The largest absolute Gasteiger partial charge is 0.461 e. The number of aromatic amines is 1. The first kappa shape index (κ1) is 21.5. The van der Waals surface area contributed by atoms with Crippen LogP contribution in [0.1, 0.15) is 55.3 Å². The highest BCUT2D eigenvalue weighted by atomic mass is 35.5. The van der Waals surface area contributed by atoms with E-state index in [1.165, 1.54) is 31.5 Å². The zero-order chi connectivity index (χ0) is 23.2. The first-order valence-electron chi connectivity index (χ1n) is 12.0. The molecule has 1 aliphatic rings. The fourth-order valence-electron chi connectivity index (χ4n) is 4.87. The summed E-state index contributed by atoms with van der Waals surface area (Å²) in [6.45, 7) is 7.62. The molecule has 0 aliphatic carbocycles. The van der Waals surface area contributed by atoms with Crippen LogP contribution in [0.5, 0.6) is 0 Å². The number of benzene rings is 2. The van der Waals surface area contributed by atoms with Crippen molar-refractivity contribution < 1.29 is 8.83 Å². The minimum absolute atomic E-state index is 0.318. The topological polar surface area (TPSA) is 58.2 Å². The third kappa shape index (κ3) is 4.15. The highest BCUT2D eigenvalue weighted by molar-refractivity contribution is 6.31. The molecule has 3 aromatic heterocycles. The van der Waals surface area contributed by atoms with Gasteiger partial charge in [0.25, 0.3) is 0 Å². The molecule has 1 fully saturated rings. The van der Waals surface area contributed by atoms with Crippen molar-refractivity contribution >= 4 is 33.6 Å². The van der Waals surface area contributed by atoms with E-state index in [1.54, 1.807) is 0 Å². The molecule has 0 bridgehead atoms. The highest BCUT2D eigenvalue weighted by Crippen LogP contribution is 2.32. The zero-order valence-corrected chi connectivity index (χ0v) is 20.3. The van der Waals surface area contributed by atoms with E-state index in [0.717, 1.165) is 57.2 Å². The minimum Gasteiger partial charge on any atom is -0.461 e. The molecule has 174 valence electrons. The monoisotopic (exact) mass is 473 g/mol. The number of nitrogens with zero attached hydrogens (tertiary/aromatic N) is 2. The van der Waals surface area contributed by atoms with Crippen molar-refractivity contribution in [3.8, 4) is 11.6 Å². The number of rotatable bonds is 6. The lowest BCUT2D eigenvalue weighted by Crippen LogP contribution is -2.18. The average Bonchev–Trinajstić information content (AvgIpc) is 3.59. The zero-order valence-electron chi connectivity index (χ0n) is 19.5. The Morgan fingerprint density at radius 3 is 2.71 bits per heavy atom. The van der Waals surface area contributed by atoms with Crippen molar-refractivity contribution in [3.05, 3.63) is 76.2 Å². The van der Waals surface area contributed by atoms with Gasteiger partial charge in [-0.1, -0.05) is 31.5 Å². The fraction of sp³-hybridized carbons (Fsp3) is 0.321. The van der Waals surface area contributed by atoms with E-state index in [9.17, 15) is 0 Å². The van der Waals surface area contributed by atoms with Crippen molar-refractivity contribution in [2.45, 2.75) is 45.6 Å². The predicted octanol–water partition coefficient (Wildman–Crippen LogP) is 7.53. The van der Waals surface area contributed by atoms with E-state index in [2.05, 4.69) is 48.0 Å². The van der Waals surface area contributed by atoms with Gasteiger partial charge in [0.1, 0.15) is 17.1 Å². The average molecular weight is 474 g/mol. The minimum atomic E-state index is 0.318. The summed E-state index contributed by atoms with van der Waals surface area (Å²) < 4.78 is 12.4. The van der Waals surface area contributed by atoms with Crippen LogP contribution in [0.2, 0.25) is 5.02 Å². The van der Waals surface area contributed by atoms with Gasteiger partial charge in [0.15, 0.2) is 11.6 Å². The molecule has 0 saturated carbocycles. The number of H-pyrrole nitrogens is 1. The van der Waals surface area contributed by atoms with Gasteiger partial charge in [0.2, 0.25) is 0 Å². The molecular formula is C28H28ClN3O2. The van der Waals surface area contributed by atoms with Crippen LogP contribution >= 0.6 is 11.6 Å². The third-order valence-corrected chi connectivity index (χ3v) is 6.88. The number of imidazole rings is 1. The number of fused-ring (bicyclic) bond motifs is 2. The van der Waals surface area contributed by atoms with Crippen molar-refractivity contribution in [3.63, 3.8) is 0 Å². The van der Waals surface area contributed by atoms with Crippen LogP contribution in [0.4, 0.5) is 0 Å². The Labute approximate surface area is 203 Å². The Bertz CT molecular complexity index is 1470. The Morgan fingerprint density at radius 2 is 1.88 bits per heavy atom. The van der Waals surface area contributed by atoms with Gasteiger partial charge in [-0.25, -0.2) is 4.98 Å². The van der Waals surface area contributed by atoms with E-state index < -0.39 is 0 Å². The molecule has 0 radical (unpaired) electrons. The number of aromatic nitrogens is 2. The Balaban J connectivity index is 1.26. The van der Waals surface area contributed by atoms with Gasteiger partial charge in [0, 0.05) is 34.9 Å². The lowest BCUT2D eigenvalue weighted by atomic mass is 10.1. The van der Waals surface area contributed by atoms with E-state index in [0.29, 0.717) is 17.4 Å². The second-order valence-electron chi connectivity index (χ2n) is 9.65. The summed E-state index contributed by atoms with van der Waals surface area (Å²) >= 11 is 6.40. The molecule has 6 heteroatoms. The molecule has 0 atom stereocenters. The molecule has 34 heavy (non-hydrogen) atoms. The SMILES string of the molecule is CC(C)c1cc2cc(Cl)cc(Cc3ccc(-c4nc5cc(CN6CCCC6)ccc5[nH]4)o3)c2o1. The number of likely N-dealkylation sites (tertiary alicyclic amines) is 1. The molecule has 0 unspecified atom stereocenters. The van der Waals surface area contributed by atoms with Crippen LogP contribution in [-0.4, -0.2) is 28.0 Å². The second kappa shape index (κ2) is 8.64. The second-order valence-corrected chi connectivity index (χ2v) is 10.1. The van der Waals surface area contributed by atoms with Gasteiger partial charge in [-0.15, -0.1) is 0 Å². The van der Waals surface area contributed by atoms with Crippen LogP contribution in [0.3, 0.4) is 0 Å². The maximum atomic E-state index is 6.40. The van der Waals surface area contributed by atoms with Gasteiger partial charge in [0.05, 0.1) is 11.0 Å². The summed E-state index contributed by atoms with van der Waals surface area (Å²) in [6, 6.07) is 16.5. The lowest BCUT2D eigenvalue weighted by Gasteiger charge is -2.14. The highest BCUT2D eigenvalue weighted by Gasteiger charge is 2.16. The lowest BCUT2D eigenvalue weighted by molar-refractivity contribution is 0.331. The van der Waals surface area contributed by atoms with Crippen LogP contribution in [0.25, 0.3) is 33.6 Å². The summed E-state index contributed by atoms with van der Waals surface area (Å²) in [4.78, 5) is 10.7. The number of furan rings is 2. The Hall–Kier alpha value is -3.02. The summed E-state index contributed by atoms with van der Waals surface area (Å²) in [5.41, 5.74) is 5.19. The first-order chi connectivity index (χ1) is 16.5.